The normalized spacial score (nSPS) is 18.5. The quantitative estimate of drug-likeness (QED) is 0.443. The molecule has 6 nitrogen and oxygen atoms in total. The van der Waals surface area contributed by atoms with Crippen molar-refractivity contribution in [1.82, 2.24) is 15.9 Å². The Kier molecular flexibility index (Phi) is 6.36. The minimum absolute atomic E-state index is 0.169. The fourth-order valence-corrected chi connectivity index (χ4v) is 5.28. The highest BCUT2D eigenvalue weighted by molar-refractivity contribution is 7.68. The van der Waals surface area contributed by atoms with E-state index in [0.717, 1.165) is 36.8 Å². The van der Waals surface area contributed by atoms with Gasteiger partial charge >= 0.3 is 6.03 Å². The van der Waals surface area contributed by atoms with Gasteiger partial charge in [-0.15, -0.1) is 0 Å². The summed E-state index contributed by atoms with van der Waals surface area (Å²) in [5.74, 6) is 4.08. The van der Waals surface area contributed by atoms with Crippen LogP contribution in [0.5, 0.6) is 0 Å². The Hall–Kier alpha value is -2.82. The molecule has 2 aliphatic rings. The molecule has 2 aromatic carbocycles. The van der Waals surface area contributed by atoms with Crippen LogP contribution in [0, 0.1) is 0 Å². The van der Waals surface area contributed by atoms with Crippen molar-refractivity contribution < 1.29 is 14.1 Å². The van der Waals surface area contributed by atoms with Crippen LogP contribution in [0.1, 0.15) is 43.2 Å². The molecule has 0 aromatic heterocycles. The second kappa shape index (κ2) is 9.33. The number of nitrogens with one attached hydrogen (secondary N) is 3. The van der Waals surface area contributed by atoms with Gasteiger partial charge in [0.25, 0.3) is 0 Å². The molecule has 4 rings (SSSR count). The average molecular weight is 423 g/mol. The minimum atomic E-state index is -3.23. The molecule has 3 N–H and O–H groups in total. The lowest BCUT2D eigenvalue weighted by Crippen LogP contribution is -2.47. The number of hydrogen-bond acceptors (Lipinski definition) is 3. The summed E-state index contributed by atoms with van der Waals surface area (Å²) in [4.78, 5) is 12.3. The number of hydrogen-bond donors (Lipinski definition) is 3. The molecule has 0 saturated heterocycles. The molecular weight excluding hydrogens is 397 g/mol. The summed E-state index contributed by atoms with van der Waals surface area (Å²) in [6.07, 6.45) is 5.43. The maximum absolute atomic E-state index is 13.6. The maximum atomic E-state index is 13.6. The highest BCUT2D eigenvalue weighted by Gasteiger charge is 2.27. The largest absolute Gasteiger partial charge is 0.456 e. The SMILES string of the molecule is O=C(NNP1(=O)C=C(c2ccccc2)OC(c2ccccc2)=C1)NC1CCCCC1. The highest BCUT2D eigenvalue weighted by atomic mass is 31.2. The number of urea groups is 1. The van der Waals surface area contributed by atoms with Gasteiger partial charge in [0.15, 0.2) is 0 Å². The van der Waals surface area contributed by atoms with E-state index in [1.54, 1.807) is 11.6 Å². The molecule has 0 bridgehead atoms. The first-order valence-corrected chi connectivity index (χ1v) is 12.1. The van der Waals surface area contributed by atoms with E-state index < -0.39 is 7.29 Å². The topological polar surface area (TPSA) is 79.5 Å². The maximum Gasteiger partial charge on any atom is 0.329 e. The first-order valence-electron chi connectivity index (χ1n) is 10.3. The number of rotatable bonds is 5. The lowest BCUT2D eigenvalue weighted by atomic mass is 9.96. The Morgan fingerprint density at radius 1 is 0.833 bits per heavy atom. The van der Waals surface area contributed by atoms with Gasteiger partial charge in [-0.05, 0) is 12.8 Å². The van der Waals surface area contributed by atoms with E-state index in [9.17, 15) is 9.36 Å². The van der Waals surface area contributed by atoms with E-state index >= 15 is 0 Å². The molecule has 0 atom stereocenters. The van der Waals surface area contributed by atoms with Crippen LogP contribution in [0.3, 0.4) is 0 Å². The van der Waals surface area contributed by atoms with Gasteiger partial charge in [0.2, 0.25) is 7.29 Å². The molecule has 0 spiro atoms. The molecular formula is C23H26N3O3P. The smallest absolute Gasteiger partial charge is 0.329 e. The molecule has 1 aliphatic heterocycles. The van der Waals surface area contributed by atoms with Gasteiger partial charge in [-0.25, -0.2) is 4.79 Å². The van der Waals surface area contributed by atoms with E-state index in [1.807, 2.05) is 60.7 Å². The van der Waals surface area contributed by atoms with Crippen LogP contribution < -0.4 is 15.9 Å². The van der Waals surface area contributed by atoms with Gasteiger partial charge in [-0.2, -0.15) is 5.20 Å². The van der Waals surface area contributed by atoms with Crippen LogP contribution in [0.15, 0.2) is 72.3 Å². The molecule has 1 fully saturated rings. The van der Waals surface area contributed by atoms with Gasteiger partial charge in [0.05, 0.1) is 0 Å². The predicted molar refractivity (Wildman–Crippen MR) is 119 cm³/mol. The molecule has 156 valence electrons. The second-order valence-electron chi connectivity index (χ2n) is 7.58. The minimum Gasteiger partial charge on any atom is -0.456 e. The van der Waals surface area contributed by atoms with Crippen molar-refractivity contribution >= 4 is 24.8 Å². The standard InChI is InChI=1S/C23H26N3O3P/c27-23(24-20-14-8-3-9-15-20)25-26-30(28)16-21(18-10-4-1-5-11-18)29-22(17-30)19-12-6-2-7-13-19/h1-2,4-7,10-13,16-17,20H,3,8-9,14-15H2,(H,26,28)(H2,24,25,27). The van der Waals surface area contributed by atoms with Crippen molar-refractivity contribution in [3.8, 4) is 0 Å². The first-order chi connectivity index (χ1) is 14.6. The summed E-state index contributed by atoms with van der Waals surface area (Å²) < 4.78 is 19.7. The number of carbonyl (C=O) groups excluding carboxylic acids is 1. The zero-order chi connectivity index (χ0) is 20.8. The zero-order valence-electron chi connectivity index (χ0n) is 16.7. The van der Waals surface area contributed by atoms with Crippen LogP contribution in [0.2, 0.25) is 0 Å². The van der Waals surface area contributed by atoms with Crippen molar-refractivity contribution in [2.75, 3.05) is 0 Å². The average Bonchev–Trinajstić information content (AvgIpc) is 2.79. The second-order valence-corrected chi connectivity index (χ2v) is 9.73. The van der Waals surface area contributed by atoms with E-state index in [-0.39, 0.29) is 12.1 Å². The lowest BCUT2D eigenvalue weighted by molar-refractivity contribution is 0.231. The van der Waals surface area contributed by atoms with Crippen molar-refractivity contribution in [2.24, 2.45) is 0 Å². The van der Waals surface area contributed by atoms with Gasteiger partial charge in [-0.3, -0.25) is 9.99 Å². The van der Waals surface area contributed by atoms with Gasteiger partial charge < -0.3 is 10.1 Å². The van der Waals surface area contributed by atoms with Crippen LogP contribution >= 0.6 is 7.29 Å². The van der Waals surface area contributed by atoms with Crippen molar-refractivity contribution in [3.05, 3.63) is 83.4 Å². The van der Waals surface area contributed by atoms with Crippen molar-refractivity contribution in [2.45, 2.75) is 38.1 Å². The Labute approximate surface area is 176 Å². The number of ether oxygens (including phenoxy) is 1. The molecule has 2 amide bonds. The number of carbonyl (C=O) groups is 1. The lowest BCUT2D eigenvalue weighted by Gasteiger charge is -2.25. The van der Waals surface area contributed by atoms with Gasteiger partial charge in [0.1, 0.15) is 11.5 Å². The van der Waals surface area contributed by atoms with Crippen LogP contribution in [0.4, 0.5) is 4.79 Å². The summed E-state index contributed by atoms with van der Waals surface area (Å²) in [7, 11) is -3.23. The third-order valence-corrected chi connectivity index (χ3v) is 6.94. The third-order valence-electron chi connectivity index (χ3n) is 5.24. The van der Waals surface area contributed by atoms with Crippen LogP contribution in [-0.2, 0) is 9.30 Å². The van der Waals surface area contributed by atoms with E-state index in [1.165, 1.54) is 6.42 Å². The van der Waals surface area contributed by atoms with Crippen LogP contribution in [-0.4, -0.2) is 12.1 Å². The first kappa shape index (κ1) is 20.5. The molecule has 0 radical (unpaired) electrons. The van der Waals surface area contributed by atoms with Gasteiger partial charge in [-0.1, -0.05) is 79.9 Å². The molecule has 1 saturated carbocycles. The fraction of sp³-hybridized carbons (Fsp3) is 0.261. The summed E-state index contributed by atoms with van der Waals surface area (Å²) in [6, 6.07) is 18.8. The summed E-state index contributed by atoms with van der Waals surface area (Å²) in [6.45, 7) is 0. The van der Waals surface area contributed by atoms with Crippen molar-refractivity contribution in [3.63, 3.8) is 0 Å². The fourth-order valence-electron chi connectivity index (χ4n) is 3.70. The molecule has 7 heteroatoms. The summed E-state index contributed by atoms with van der Waals surface area (Å²) in [5, 5.41) is 5.70. The molecule has 1 aliphatic carbocycles. The Morgan fingerprint density at radius 3 is 1.90 bits per heavy atom. The van der Waals surface area contributed by atoms with Crippen molar-refractivity contribution in [1.29, 1.82) is 0 Å². The predicted octanol–water partition coefficient (Wildman–Crippen LogP) is 5.43. The highest BCUT2D eigenvalue weighted by Crippen LogP contribution is 2.52. The third kappa shape index (κ3) is 5.21. The van der Waals surface area contributed by atoms with Gasteiger partial charge in [0, 0.05) is 28.8 Å². The van der Waals surface area contributed by atoms with E-state index in [0.29, 0.717) is 11.5 Å². The zero-order valence-corrected chi connectivity index (χ0v) is 17.6. The molecule has 30 heavy (non-hydrogen) atoms. The molecule has 1 heterocycles. The summed E-state index contributed by atoms with van der Waals surface area (Å²) >= 11 is 0. The Bertz CT molecular complexity index is 924. The Balaban J connectivity index is 1.53. The number of hydrazine groups is 1. The monoisotopic (exact) mass is 423 g/mol. The molecule has 2 aromatic rings. The number of benzene rings is 2. The van der Waals surface area contributed by atoms with E-state index in [2.05, 4.69) is 15.9 Å². The molecule has 0 unspecified atom stereocenters. The van der Waals surface area contributed by atoms with E-state index in [4.69, 9.17) is 4.74 Å². The van der Waals surface area contributed by atoms with Crippen LogP contribution in [0.25, 0.3) is 11.5 Å². The Morgan fingerprint density at radius 2 is 1.37 bits per heavy atom. The number of amides is 2. The summed E-state index contributed by atoms with van der Waals surface area (Å²) in [5.41, 5.74) is 4.20.